The van der Waals surface area contributed by atoms with Crippen molar-refractivity contribution in [3.8, 4) is 0 Å². The quantitative estimate of drug-likeness (QED) is 0.738. The van der Waals surface area contributed by atoms with Gasteiger partial charge < -0.3 is 10.1 Å². The second-order valence-electron chi connectivity index (χ2n) is 8.22. The number of hydrogen-bond acceptors (Lipinski definition) is 3. The Morgan fingerprint density at radius 3 is 2.18 bits per heavy atom. The minimum Gasteiger partial charge on any atom is -0.459 e. The lowest BCUT2D eigenvalue weighted by molar-refractivity contribution is -0.148. The van der Waals surface area contributed by atoms with Gasteiger partial charge in [0.15, 0.2) is 0 Å². The highest BCUT2D eigenvalue weighted by atomic mass is 19.1. The van der Waals surface area contributed by atoms with Gasteiger partial charge in [-0.1, -0.05) is 65.0 Å². The number of esters is 1. The molecular formula is C23H28FNO3. The summed E-state index contributed by atoms with van der Waals surface area (Å²) in [5, 5.41) is 2.73. The molecular weight excluding hydrogens is 357 g/mol. The summed E-state index contributed by atoms with van der Waals surface area (Å²) in [5.41, 5.74) is 1.88. The van der Waals surface area contributed by atoms with Gasteiger partial charge in [-0.25, -0.2) is 9.18 Å². The highest BCUT2D eigenvalue weighted by Gasteiger charge is 2.26. The molecule has 28 heavy (non-hydrogen) atoms. The highest BCUT2D eigenvalue weighted by molar-refractivity contribution is 5.96. The number of benzene rings is 2. The molecule has 2 rings (SSSR count). The monoisotopic (exact) mass is 385 g/mol. The molecule has 0 unspecified atom stereocenters. The molecule has 5 heteroatoms. The number of hydrogen-bond donors (Lipinski definition) is 1. The van der Waals surface area contributed by atoms with Gasteiger partial charge >= 0.3 is 5.97 Å². The number of carbonyl (C=O) groups is 2. The third-order valence-corrected chi connectivity index (χ3v) is 4.55. The Labute approximate surface area is 166 Å². The molecule has 0 heterocycles. The molecule has 0 bridgehead atoms. The summed E-state index contributed by atoms with van der Waals surface area (Å²) in [5.74, 6) is -1.54. The Hall–Kier alpha value is -2.69. The van der Waals surface area contributed by atoms with Gasteiger partial charge in [0, 0.05) is 11.1 Å². The molecule has 0 saturated carbocycles. The zero-order valence-electron chi connectivity index (χ0n) is 17.1. The van der Waals surface area contributed by atoms with E-state index in [0.29, 0.717) is 11.1 Å². The maximum atomic E-state index is 13.7. The van der Waals surface area contributed by atoms with E-state index in [1.165, 1.54) is 6.07 Å². The maximum Gasteiger partial charge on any atom is 0.329 e. The summed E-state index contributed by atoms with van der Waals surface area (Å²) in [6.07, 6.45) is 0. The molecule has 0 aliphatic heterocycles. The third-order valence-electron chi connectivity index (χ3n) is 4.55. The maximum absolute atomic E-state index is 13.7. The molecule has 2 aromatic carbocycles. The van der Waals surface area contributed by atoms with Crippen LogP contribution in [0.4, 0.5) is 4.39 Å². The Kier molecular flexibility index (Phi) is 6.95. The fourth-order valence-electron chi connectivity index (χ4n) is 2.70. The van der Waals surface area contributed by atoms with Crippen LogP contribution in [0.1, 0.15) is 56.1 Å². The number of amides is 1. The normalized spacial score (nSPS) is 12.5. The third kappa shape index (κ3) is 5.65. The van der Waals surface area contributed by atoms with Gasteiger partial charge in [-0.3, -0.25) is 4.79 Å². The lowest BCUT2D eigenvalue weighted by Crippen LogP contribution is -2.45. The van der Waals surface area contributed by atoms with Crippen LogP contribution in [0, 0.1) is 11.7 Å². The van der Waals surface area contributed by atoms with Crippen molar-refractivity contribution < 1.29 is 18.7 Å². The molecule has 0 spiro atoms. The van der Waals surface area contributed by atoms with Crippen LogP contribution in [0.15, 0.2) is 48.5 Å². The molecule has 0 saturated heterocycles. The first-order valence-electron chi connectivity index (χ1n) is 9.41. The summed E-state index contributed by atoms with van der Waals surface area (Å²) in [4.78, 5) is 25.0. The molecule has 0 fully saturated rings. The molecule has 0 aromatic heterocycles. The highest BCUT2D eigenvalue weighted by Crippen LogP contribution is 2.22. The molecule has 4 nitrogen and oxygen atoms in total. The van der Waals surface area contributed by atoms with Crippen molar-refractivity contribution in [2.24, 2.45) is 5.92 Å². The van der Waals surface area contributed by atoms with Gasteiger partial charge in [0.25, 0.3) is 5.91 Å². The zero-order valence-corrected chi connectivity index (χ0v) is 17.1. The fourth-order valence-corrected chi connectivity index (χ4v) is 2.70. The Bertz CT molecular complexity index is 822. The molecule has 2 aromatic rings. The predicted molar refractivity (Wildman–Crippen MR) is 107 cm³/mol. The molecule has 1 atom stereocenters. The van der Waals surface area contributed by atoms with E-state index in [1.807, 2.05) is 26.0 Å². The van der Waals surface area contributed by atoms with E-state index < -0.39 is 17.8 Å². The van der Waals surface area contributed by atoms with Crippen LogP contribution in [0.3, 0.4) is 0 Å². The Balaban J connectivity index is 2.04. The number of rotatable bonds is 6. The lowest BCUT2D eigenvalue weighted by Gasteiger charge is -2.22. The van der Waals surface area contributed by atoms with E-state index in [4.69, 9.17) is 4.74 Å². The molecule has 0 radical (unpaired) electrons. The Morgan fingerprint density at radius 2 is 1.64 bits per heavy atom. The number of halogens is 1. The van der Waals surface area contributed by atoms with Crippen LogP contribution in [-0.2, 0) is 21.6 Å². The first-order chi connectivity index (χ1) is 13.1. The van der Waals surface area contributed by atoms with E-state index in [0.717, 1.165) is 5.56 Å². The average molecular weight is 385 g/mol. The average Bonchev–Trinajstić information content (AvgIpc) is 2.64. The van der Waals surface area contributed by atoms with Crippen LogP contribution >= 0.6 is 0 Å². The van der Waals surface area contributed by atoms with Crippen LogP contribution < -0.4 is 5.32 Å². The van der Waals surface area contributed by atoms with Crippen LogP contribution in [0.25, 0.3) is 0 Å². The summed E-state index contributed by atoms with van der Waals surface area (Å²) in [6, 6.07) is 12.6. The van der Waals surface area contributed by atoms with Crippen LogP contribution in [0.5, 0.6) is 0 Å². The van der Waals surface area contributed by atoms with Gasteiger partial charge in [0.05, 0.1) is 0 Å². The van der Waals surface area contributed by atoms with Gasteiger partial charge in [-0.05, 0) is 35.1 Å². The molecule has 150 valence electrons. The topological polar surface area (TPSA) is 55.4 Å². The fraction of sp³-hybridized carbons (Fsp3) is 0.391. The standard InChI is InChI=1S/C23H28FNO3/c1-15(2)20(22(27)28-14-17-8-6-7-9-19(17)24)25-21(26)16-10-12-18(13-11-16)23(3,4)5/h6-13,15,20H,14H2,1-5H3,(H,25,26)/t20-/m1/s1. The number of carbonyl (C=O) groups excluding carboxylic acids is 2. The van der Waals surface area contributed by atoms with Crippen molar-refractivity contribution in [1.82, 2.24) is 5.32 Å². The first kappa shape index (κ1) is 21.6. The van der Waals surface area contributed by atoms with Crippen molar-refractivity contribution in [3.63, 3.8) is 0 Å². The van der Waals surface area contributed by atoms with Crippen molar-refractivity contribution >= 4 is 11.9 Å². The van der Waals surface area contributed by atoms with E-state index in [9.17, 15) is 14.0 Å². The van der Waals surface area contributed by atoms with Gasteiger partial charge in [0.1, 0.15) is 18.5 Å². The van der Waals surface area contributed by atoms with Crippen molar-refractivity contribution in [2.45, 2.75) is 52.7 Å². The summed E-state index contributed by atoms with van der Waals surface area (Å²) < 4.78 is 18.9. The molecule has 1 N–H and O–H groups in total. The zero-order chi connectivity index (χ0) is 20.9. The SMILES string of the molecule is CC(C)[C@@H](NC(=O)c1ccc(C(C)(C)C)cc1)C(=O)OCc1ccccc1F. The second kappa shape index (κ2) is 9.00. The van der Waals surface area contributed by atoms with Gasteiger partial charge in [-0.2, -0.15) is 0 Å². The smallest absolute Gasteiger partial charge is 0.329 e. The Morgan fingerprint density at radius 1 is 1.04 bits per heavy atom. The molecule has 0 aliphatic carbocycles. The van der Waals surface area contributed by atoms with E-state index in [2.05, 4.69) is 26.1 Å². The van der Waals surface area contributed by atoms with Crippen molar-refractivity contribution in [1.29, 1.82) is 0 Å². The minimum absolute atomic E-state index is 0.00794. The first-order valence-corrected chi connectivity index (χ1v) is 9.41. The van der Waals surface area contributed by atoms with E-state index >= 15 is 0 Å². The van der Waals surface area contributed by atoms with Gasteiger partial charge in [0.2, 0.25) is 0 Å². The minimum atomic E-state index is -0.818. The van der Waals surface area contributed by atoms with Crippen molar-refractivity contribution in [3.05, 3.63) is 71.0 Å². The lowest BCUT2D eigenvalue weighted by atomic mass is 9.86. The largest absolute Gasteiger partial charge is 0.459 e. The summed E-state index contributed by atoms with van der Waals surface area (Å²) >= 11 is 0. The van der Waals surface area contributed by atoms with Crippen LogP contribution in [-0.4, -0.2) is 17.9 Å². The summed E-state index contributed by atoms with van der Waals surface area (Å²) in [7, 11) is 0. The van der Waals surface area contributed by atoms with Crippen molar-refractivity contribution in [2.75, 3.05) is 0 Å². The van der Waals surface area contributed by atoms with Gasteiger partial charge in [-0.15, -0.1) is 0 Å². The number of nitrogens with one attached hydrogen (secondary N) is 1. The second-order valence-corrected chi connectivity index (χ2v) is 8.22. The van der Waals surface area contributed by atoms with Crippen LogP contribution in [0.2, 0.25) is 0 Å². The predicted octanol–water partition coefficient (Wildman–Crippen LogP) is 4.62. The summed E-state index contributed by atoms with van der Waals surface area (Å²) in [6.45, 7) is 9.76. The number of ether oxygens (including phenoxy) is 1. The van der Waals surface area contributed by atoms with E-state index in [1.54, 1.807) is 30.3 Å². The molecule has 1 amide bonds. The van der Waals surface area contributed by atoms with E-state index in [-0.39, 0.29) is 23.8 Å². The molecule has 0 aliphatic rings.